The molecular weight excluding hydrogens is 685 g/mol. The quantitative estimate of drug-likeness (QED) is 0.102. The SMILES string of the molecule is NC(NC(/N=C/C1=CC(C2CC=CC3C2C2=C(C=CCC2)N3c2cccc(-c3ccc4c5c(oc4c3)CCC=C5)c2)=CCC1)c1ccccc1)C1C=CC=CC1. The van der Waals surface area contributed by atoms with Gasteiger partial charge in [-0.3, -0.25) is 10.3 Å². The van der Waals surface area contributed by atoms with Crippen LogP contribution in [0.25, 0.3) is 28.2 Å². The van der Waals surface area contributed by atoms with E-state index in [9.17, 15) is 0 Å². The van der Waals surface area contributed by atoms with Gasteiger partial charge in [-0.15, -0.1) is 0 Å². The average molecular weight is 735 g/mol. The largest absolute Gasteiger partial charge is 0.460 e. The van der Waals surface area contributed by atoms with Crippen molar-refractivity contribution in [2.75, 3.05) is 4.90 Å². The first-order valence-electron chi connectivity index (χ1n) is 20.7. The van der Waals surface area contributed by atoms with Crippen molar-refractivity contribution in [2.45, 2.75) is 69.7 Å². The molecule has 10 rings (SSSR count). The van der Waals surface area contributed by atoms with Gasteiger partial charge in [-0.2, -0.15) is 0 Å². The zero-order valence-corrected chi connectivity index (χ0v) is 31.9. The summed E-state index contributed by atoms with van der Waals surface area (Å²) >= 11 is 0. The van der Waals surface area contributed by atoms with Crippen LogP contribution in [0, 0.1) is 17.8 Å². The van der Waals surface area contributed by atoms with E-state index in [-0.39, 0.29) is 24.3 Å². The smallest absolute Gasteiger partial charge is 0.135 e. The Balaban J connectivity index is 0.923. The van der Waals surface area contributed by atoms with E-state index in [1.807, 2.05) is 0 Å². The fourth-order valence-electron chi connectivity index (χ4n) is 9.90. The molecule has 3 aromatic carbocycles. The molecule has 0 saturated heterocycles. The lowest BCUT2D eigenvalue weighted by Gasteiger charge is -2.37. The number of aliphatic imine (C=N–C) groups is 1. The van der Waals surface area contributed by atoms with Gasteiger partial charge in [-0.1, -0.05) is 115 Å². The molecule has 0 radical (unpaired) electrons. The number of hydrogen-bond acceptors (Lipinski definition) is 5. The van der Waals surface area contributed by atoms with Crippen molar-refractivity contribution in [1.29, 1.82) is 0 Å². The van der Waals surface area contributed by atoms with Crippen molar-refractivity contribution in [3.05, 3.63) is 179 Å². The first-order chi connectivity index (χ1) is 27.7. The summed E-state index contributed by atoms with van der Waals surface area (Å²) in [6.45, 7) is 0. The maximum atomic E-state index is 6.73. The lowest BCUT2D eigenvalue weighted by atomic mass is 9.70. The number of aryl methyl sites for hydroxylation is 1. The minimum atomic E-state index is -0.216. The maximum absolute atomic E-state index is 6.73. The predicted octanol–water partition coefficient (Wildman–Crippen LogP) is 11.5. The second kappa shape index (κ2) is 15.2. The lowest BCUT2D eigenvalue weighted by molar-refractivity contribution is 0.375. The van der Waals surface area contributed by atoms with Gasteiger partial charge in [-0.05, 0) is 115 Å². The zero-order valence-electron chi connectivity index (χ0n) is 31.9. The van der Waals surface area contributed by atoms with Crippen LogP contribution in [-0.4, -0.2) is 18.4 Å². The van der Waals surface area contributed by atoms with Crippen molar-refractivity contribution in [2.24, 2.45) is 28.5 Å². The summed E-state index contributed by atoms with van der Waals surface area (Å²) in [5, 5.41) is 4.86. The molecule has 3 N–H and O–H groups in total. The van der Waals surface area contributed by atoms with E-state index in [2.05, 4.69) is 162 Å². The lowest BCUT2D eigenvalue weighted by Crippen LogP contribution is -2.44. The summed E-state index contributed by atoms with van der Waals surface area (Å²) in [7, 11) is 0. The zero-order chi connectivity index (χ0) is 37.4. The number of hydrogen-bond donors (Lipinski definition) is 2. The summed E-state index contributed by atoms with van der Waals surface area (Å²) in [6.07, 6.45) is 37.6. The van der Waals surface area contributed by atoms with E-state index in [1.165, 1.54) is 44.6 Å². The summed E-state index contributed by atoms with van der Waals surface area (Å²) in [6, 6.07) is 26.6. The van der Waals surface area contributed by atoms with E-state index >= 15 is 0 Å². The molecule has 0 spiro atoms. The van der Waals surface area contributed by atoms with Crippen molar-refractivity contribution in [1.82, 2.24) is 5.32 Å². The monoisotopic (exact) mass is 734 g/mol. The van der Waals surface area contributed by atoms with Crippen LogP contribution >= 0.6 is 0 Å². The summed E-state index contributed by atoms with van der Waals surface area (Å²) in [5.74, 6) is 2.20. The van der Waals surface area contributed by atoms with Crippen molar-refractivity contribution >= 4 is 28.9 Å². The summed E-state index contributed by atoms with van der Waals surface area (Å²) in [5.41, 5.74) is 19.5. The molecule has 5 aliphatic carbocycles. The molecule has 5 heteroatoms. The molecule has 5 nitrogen and oxygen atoms in total. The van der Waals surface area contributed by atoms with Crippen LogP contribution in [0.1, 0.15) is 68.0 Å². The highest BCUT2D eigenvalue weighted by Crippen LogP contribution is 2.51. The molecule has 6 aliphatic rings. The molecule has 280 valence electrons. The number of nitrogens with two attached hydrogens (primary N) is 1. The highest BCUT2D eigenvalue weighted by Gasteiger charge is 2.45. The fraction of sp³-hybridized carbons (Fsp3) is 0.275. The van der Waals surface area contributed by atoms with Gasteiger partial charge in [0.1, 0.15) is 17.5 Å². The number of fused-ring (bicyclic) bond motifs is 5. The van der Waals surface area contributed by atoms with E-state index in [0.717, 1.165) is 68.3 Å². The van der Waals surface area contributed by atoms with Crippen molar-refractivity contribution in [3.63, 3.8) is 0 Å². The van der Waals surface area contributed by atoms with Gasteiger partial charge < -0.3 is 15.1 Å². The van der Waals surface area contributed by atoms with E-state index in [1.54, 1.807) is 5.57 Å². The minimum Gasteiger partial charge on any atom is -0.460 e. The van der Waals surface area contributed by atoms with Crippen LogP contribution in [0.3, 0.4) is 0 Å². The van der Waals surface area contributed by atoms with Crippen LogP contribution in [0.15, 0.2) is 171 Å². The number of anilines is 1. The molecular formula is C51H50N4O. The topological polar surface area (TPSA) is 66.8 Å². The highest BCUT2D eigenvalue weighted by molar-refractivity contribution is 5.92. The van der Waals surface area contributed by atoms with Gasteiger partial charge in [-0.25, -0.2) is 0 Å². The second-order valence-electron chi connectivity index (χ2n) is 16.1. The van der Waals surface area contributed by atoms with Gasteiger partial charge >= 0.3 is 0 Å². The standard InChI is InChI=1S/C51H50N4O/c52-50(35-15-3-1-4-16-35)54-51(36-17-5-2-6-18-36)53-33-34-14-11-20-39(30-34)41-24-13-26-46-49(41)44-23-7-9-25-45(44)55(46)40-21-12-19-37(31-40)38-28-29-43-42-22-8-10-27-47(42)56-48(43)32-38/h1-6,8-9,12-13,15,17-22,25-26,28-33,35,41,46,49-51,54H,7,10-11,14,16,23-24,27,52H2/b53-33+. The number of nitrogens with zero attached hydrogens (tertiary/aromatic N) is 2. The normalized spacial score (nSPS) is 25.0. The number of benzene rings is 3. The molecule has 6 atom stereocenters. The molecule has 2 heterocycles. The van der Waals surface area contributed by atoms with Gasteiger partial charge in [0.2, 0.25) is 0 Å². The third-order valence-corrected chi connectivity index (χ3v) is 12.7. The van der Waals surface area contributed by atoms with E-state index in [0.29, 0.717) is 11.8 Å². The van der Waals surface area contributed by atoms with E-state index < -0.39 is 0 Å². The first kappa shape index (κ1) is 35.0. The molecule has 0 bridgehead atoms. The molecule has 56 heavy (non-hydrogen) atoms. The molecule has 0 fully saturated rings. The van der Waals surface area contributed by atoms with Gasteiger partial charge in [0.25, 0.3) is 0 Å². The van der Waals surface area contributed by atoms with Crippen LogP contribution < -0.4 is 16.0 Å². The second-order valence-corrected chi connectivity index (χ2v) is 16.1. The number of furan rings is 1. The molecule has 6 unspecified atom stereocenters. The van der Waals surface area contributed by atoms with Crippen LogP contribution in [0.4, 0.5) is 5.69 Å². The Hall–Kier alpha value is -5.49. The van der Waals surface area contributed by atoms with Crippen LogP contribution in [0.2, 0.25) is 0 Å². The van der Waals surface area contributed by atoms with Gasteiger partial charge in [0, 0.05) is 46.8 Å². The maximum Gasteiger partial charge on any atom is 0.135 e. The molecule has 0 saturated carbocycles. The van der Waals surface area contributed by atoms with Gasteiger partial charge in [0.05, 0.1) is 12.2 Å². The molecule has 1 aliphatic heterocycles. The summed E-state index contributed by atoms with van der Waals surface area (Å²) in [4.78, 5) is 7.81. The van der Waals surface area contributed by atoms with Crippen LogP contribution in [0.5, 0.6) is 0 Å². The highest BCUT2D eigenvalue weighted by atomic mass is 16.3. The van der Waals surface area contributed by atoms with Crippen molar-refractivity contribution < 1.29 is 4.42 Å². The Morgan fingerprint density at radius 2 is 1.71 bits per heavy atom. The first-order valence-corrected chi connectivity index (χ1v) is 20.7. The minimum absolute atomic E-state index is 0.194. The molecule has 4 aromatic rings. The fourth-order valence-corrected chi connectivity index (χ4v) is 9.90. The summed E-state index contributed by atoms with van der Waals surface area (Å²) < 4.78 is 6.37. The third-order valence-electron chi connectivity index (χ3n) is 12.7. The Kier molecular flexibility index (Phi) is 9.50. The Morgan fingerprint density at radius 3 is 2.62 bits per heavy atom. The van der Waals surface area contributed by atoms with Crippen LogP contribution in [-0.2, 0) is 6.42 Å². The Morgan fingerprint density at radius 1 is 0.821 bits per heavy atom. The van der Waals surface area contributed by atoms with Gasteiger partial charge in [0.15, 0.2) is 0 Å². The number of allylic oxidation sites excluding steroid dienone is 11. The average Bonchev–Trinajstić information content (AvgIpc) is 3.81. The van der Waals surface area contributed by atoms with Crippen molar-refractivity contribution in [3.8, 4) is 11.1 Å². The molecule has 0 amide bonds. The number of rotatable bonds is 9. The molecule has 1 aromatic heterocycles. The Labute approximate surface area is 330 Å². The predicted molar refractivity (Wildman–Crippen MR) is 232 cm³/mol. The Bertz CT molecular complexity index is 2420. The third kappa shape index (κ3) is 6.63. The van der Waals surface area contributed by atoms with E-state index in [4.69, 9.17) is 15.1 Å². The number of nitrogens with one attached hydrogen (secondary N) is 1.